The molecule has 3 heteroatoms. The first-order valence-electron chi connectivity index (χ1n) is 7.75. The van der Waals surface area contributed by atoms with E-state index in [1.807, 2.05) is 0 Å². The molecule has 0 heterocycles. The van der Waals surface area contributed by atoms with Crippen LogP contribution in [0, 0.1) is 23.7 Å². The van der Waals surface area contributed by atoms with Crippen LogP contribution in [0.1, 0.15) is 42.5 Å². The van der Waals surface area contributed by atoms with E-state index < -0.39 is 0 Å². The fourth-order valence-corrected chi connectivity index (χ4v) is 4.88. The first-order chi connectivity index (χ1) is 9.69. The van der Waals surface area contributed by atoms with Crippen molar-refractivity contribution in [2.24, 2.45) is 23.7 Å². The number of esters is 1. The van der Waals surface area contributed by atoms with Gasteiger partial charge in [0, 0.05) is 5.69 Å². The highest BCUT2D eigenvalue weighted by atomic mass is 16.5. The highest BCUT2D eigenvalue weighted by Gasteiger charge is 2.49. The Kier molecular flexibility index (Phi) is 2.76. The van der Waals surface area contributed by atoms with Gasteiger partial charge in [-0.1, -0.05) is 0 Å². The third-order valence-corrected chi connectivity index (χ3v) is 5.53. The Morgan fingerprint density at radius 3 is 2.05 bits per heavy atom. The lowest BCUT2D eigenvalue weighted by atomic mass is 9.55. The van der Waals surface area contributed by atoms with Crippen LogP contribution in [0.15, 0.2) is 24.3 Å². The van der Waals surface area contributed by atoms with Gasteiger partial charge in [0.25, 0.3) is 0 Å². The molecule has 0 amide bonds. The van der Waals surface area contributed by atoms with Gasteiger partial charge in [-0.25, -0.2) is 4.79 Å². The second-order valence-electron chi connectivity index (χ2n) is 6.92. The number of nitrogen functional groups attached to an aromatic ring is 1. The predicted octanol–water partition coefficient (Wildman–Crippen LogP) is 3.25. The average Bonchev–Trinajstić information content (AvgIpc) is 2.42. The zero-order chi connectivity index (χ0) is 13.7. The summed E-state index contributed by atoms with van der Waals surface area (Å²) in [5, 5.41) is 0. The number of ether oxygens (including phenoxy) is 1. The Labute approximate surface area is 119 Å². The third-order valence-electron chi connectivity index (χ3n) is 5.53. The first kappa shape index (κ1) is 12.2. The molecule has 4 fully saturated rings. The van der Waals surface area contributed by atoms with Crippen LogP contribution in [0.2, 0.25) is 0 Å². The van der Waals surface area contributed by atoms with Crippen molar-refractivity contribution in [3.05, 3.63) is 29.8 Å². The Morgan fingerprint density at radius 2 is 1.50 bits per heavy atom. The van der Waals surface area contributed by atoms with Gasteiger partial charge in [0.15, 0.2) is 0 Å². The van der Waals surface area contributed by atoms with Crippen LogP contribution in [-0.2, 0) is 4.74 Å². The van der Waals surface area contributed by atoms with Gasteiger partial charge < -0.3 is 10.5 Å². The second-order valence-corrected chi connectivity index (χ2v) is 6.92. The largest absolute Gasteiger partial charge is 0.458 e. The van der Waals surface area contributed by atoms with Crippen LogP contribution in [0.25, 0.3) is 0 Å². The summed E-state index contributed by atoms with van der Waals surface area (Å²) in [5.74, 6) is 2.86. The molecule has 4 aliphatic rings. The molecule has 1 aromatic rings. The number of carbonyl (C=O) groups excluding carboxylic acids is 1. The summed E-state index contributed by atoms with van der Waals surface area (Å²) in [5.41, 5.74) is 6.95. The zero-order valence-electron chi connectivity index (χ0n) is 11.6. The van der Waals surface area contributed by atoms with Gasteiger partial charge in [0.2, 0.25) is 0 Å². The van der Waals surface area contributed by atoms with E-state index in [0.29, 0.717) is 23.1 Å². The quantitative estimate of drug-likeness (QED) is 0.663. The molecule has 106 valence electrons. The van der Waals surface area contributed by atoms with E-state index in [-0.39, 0.29) is 12.1 Å². The topological polar surface area (TPSA) is 52.3 Å². The van der Waals surface area contributed by atoms with Crippen molar-refractivity contribution in [1.82, 2.24) is 0 Å². The number of hydrogen-bond donors (Lipinski definition) is 1. The second kappa shape index (κ2) is 4.51. The van der Waals surface area contributed by atoms with Crippen molar-refractivity contribution in [3.63, 3.8) is 0 Å². The Bertz CT molecular complexity index is 494. The highest BCUT2D eigenvalue weighted by Crippen LogP contribution is 2.54. The number of nitrogens with two attached hydrogens (primary N) is 1. The number of carbonyl (C=O) groups is 1. The lowest BCUT2D eigenvalue weighted by molar-refractivity contribution is -0.101. The molecular formula is C17H21NO2. The highest BCUT2D eigenvalue weighted by molar-refractivity contribution is 5.89. The minimum absolute atomic E-state index is 0.160. The molecule has 2 N–H and O–H groups in total. The molecule has 20 heavy (non-hydrogen) atoms. The van der Waals surface area contributed by atoms with Crippen molar-refractivity contribution >= 4 is 11.7 Å². The average molecular weight is 271 g/mol. The van der Waals surface area contributed by atoms with Crippen molar-refractivity contribution < 1.29 is 9.53 Å². The summed E-state index contributed by atoms with van der Waals surface area (Å²) < 4.78 is 5.87. The molecule has 0 saturated heterocycles. The van der Waals surface area contributed by atoms with Crippen LogP contribution in [0.3, 0.4) is 0 Å². The smallest absolute Gasteiger partial charge is 0.338 e. The molecule has 1 aromatic carbocycles. The van der Waals surface area contributed by atoms with Gasteiger partial charge in [-0.3, -0.25) is 0 Å². The number of benzene rings is 1. The first-order valence-corrected chi connectivity index (χ1v) is 7.75. The van der Waals surface area contributed by atoms with E-state index in [1.165, 1.54) is 32.1 Å². The van der Waals surface area contributed by atoms with Crippen LogP contribution in [0.4, 0.5) is 5.69 Å². The minimum Gasteiger partial charge on any atom is -0.458 e. The van der Waals surface area contributed by atoms with Crippen molar-refractivity contribution in [3.8, 4) is 0 Å². The van der Waals surface area contributed by atoms with Gasteiger partial charge in [-0.05, 0) is 80.0 Å². The van der Waals surface area contributed by atoms with Crippen LogP contribution < -0.4 is 5.73 Å². The summed E-state index contributed by atoms with van der Waals surface area (Å²) >= 11 is 0. The van der Waals surface area contributed by atoms with E-state index in [4.69, 9.17) is 10.5 Å². The third kappa shape index (κ3) is 2.00. The fraction of sp³-hybridized carbons (Fsp3) is 0.588. The van der Waals surface area contributed by atoms with Gasteiger partial charge in [0.1, 0.15) is 6.10 Å². The summed E-state index contributed by atoms with van der Waals surface area (Å²) in [7, 11) is 0. The number of anilines is 1. The zero-order valence-corrected chi connectivity index (χ0v) is 11.6. The monoisotopic (exact) mass is 271 g/mol. The van der Waals surface area contributed by atoms with Gasteiger partial charge in [-0.15, -0.1) is 0 Å². The molecule has 0 radical (unpaired) electrons. The maximum atomic E-state index is 12.3. The van der Waals surface area contributed by atoms with Crippen molar-refractivity contribution in [2.45, 2.75) is 38.2 Å². The van der Waals surface area contributed by atoms with E-state index in [2.05, 4.69) is 0 Å². The summed E-state index contributed by atoms with van der Waals surface area (Å²) in [6, 6.07) is 7.03. The minimum atomic E-state index is -0.178. The Balaban J connectivity index is 1.49. The van der Waals surface area contributed by atoms with Gasteiger partial charge in [-0.2, -0.15) is 0 Å². The van der Waals surface area contributed by atoms with Crippen LogP contribution in [-0.4, -0.2) is 12.1 Å². The van der Waals surface area contributed by atoms with Gasteiger partial charge in [0.05, 0.1) is 5.56 Å². The normalized spacial score (nSPS) is 37.9. The van der Waals surface area contributed by atoms with Crippen LogP contribution in [0.5, 0.6) is 0 Å². The molecule has 4 saturated carbocycles. The molecule has 4 aliphatic carbocycles. The molecule has 0 aliphatic heterocycles. The Morgan fingerprint density at radius 1 is 0.950 bits per heavy atom. The molecular weight excluding hydrogens is 250 g/mol. The number of hydrogen-bond acceptors (Lipinski definition) is 3. The summed E-state index contributed by atoms with van der Waals surface area (Å²) in [6.07, 6.45) is 6.66. The molecule has 0 atom stereocenters. The predicted molar refractivity (Wildman–Crippen MR) is 77.1 cm³/mol. The van der Waals surface area contributed by atoms with E-state index >= 15 is 0 Å². The van der Waals surface area contributed by atoms with Crippen molar-refractivity contribution in [1.29, 1.82) is 0 Å². The number of rotatable bonds is 2. The molecule has 0 aromatic heterocycles. The standard InChI is InChI=1S/C17H21NO2/c18-15-3-1-12(2-4-15)17(19)20-16-13-6-10-5-11(8-13)9-14(16)7-10/h1-4,10-11,13-14,16H,5-9,18H2. The molecule has 0 unspecified atom stereocenters. The summed E-state index contributed by atoms with van der Waals surface area (Å²) in [4.78, 5) is 12.3. The van der Waals surface area contributed by atoms with E-state index in [0.717, 1.165) is 11.8 Å². The lowest BCUT2D eigenvalue weighted by Crippen LogP contribution is -2.50. The van der Waals surface area contributed by atoms with E-state index in [9.17, 15) is 4.79 Å². The maximum Gasteiger partial charge on any atom is 0.338 e. The molecule has 4 bridgehead atoms. The lowest BCUT2D eigenvalue weighted by Gasteiger charge is -2.53. The SMILES string of the molecule is Nc1ccc(C(=O)OC2C3CC4CC(C3)CC2C4)cc1. The van der Waals surface area contributed by atoms with E-state index in [1.54, 1.807) is 24.3 Å². The van der Waals surface area contributed by atoms with Crippen LogP contribution >= 0.6 is 0 Å². The fourth-order valence-electron chi connectivity index (χ4n) is 4.88. The molecule has 0 spiro atoms. The molecule has 5 rings (SSSR count). The van der Waals surface area contributed by atoms with Crippen molar-refractivity contribution in [2.75, 3.05) is 5.73 Å². The van der Waals surface area contributed by atoms with Gasteiger partial charge >= 0.3 is 5.97 Å². The maximum absolute atomic E-state index is 12.3. The molecule has 3 nitrogen and oxygen atoms in total. The summed E-state index contributed by atoms with van der Waals surface area (Å²) in [6.45, 7) is 0. The Hall–Kier alpha value is -1.51.